The van der Waals surface area contributed by atoms with Gasteiger partial charge in [0.2, 0.25) is 0 Å². The highest BCUT2D eigenvalue weighted by molar-refractivity contribution is 6.88. The molecular weight excluding hydrogens is 232 g/mol. The molecule has 2 aromatic rings. The van der Waals surface area contributed by atoms with Crippen LogP contribution in [-0.4, -0.2) is 8.07 Å². The molecule has 0 fully saturated rings. The molecule has 2 rings (SSSR count). The first-order valence-corrected chi connectivity index (χ1v) is 10.1. The zero-order chi connectivity index (χ0) is 13.2. The molecule has 0 aliphatic rings. The highest BCUT2D eigenvalue weighted by Gasteiger charge is 2.15. The number of hydrogen-bond acceptors (Lipinski definition) is 0. The fourth-order valence-electron chi connectivity index (χ4n) is 2.06. The predicted molar refractivity (Wildman–Crippen MR) is 83.4 cm³/mol. The Morgan fingerprint density at radius 3 is 1.61 bits per heavy atom. The molecule has 1 heteroatoms. The molecule has 0 aliphatic heterocycles. The molecule has 18 heavy (non-hydrogen) atoms. The Balaban J connectivity index is 2.13. The van der Waals surface area contributed by atoms with Crippen molar-refractivity contribution in [2.75, 3.05) is 0 Å². The van der Waals surface area contributed by atoms with E-state index < -0.39 is 8.07 Å². The largest absolute Gasteiger partial charge is 0.0775 e. The molecule has 0 nitrogen and oxygen atoms in total. The topological polar surface area (TPSA) is 0 Å². The molecule has 0 amide bonds. The van der Waals surface area contributed by atoms with Crippen molar-refractivity contribution in [2.45, 2.75) is 33.0 Å². The Morgan fingerprint density at radius 2 is 1.17 bits per heavy atom. The lowest BCUT2D eigenvalue weighted by Crippen LogP contribution is -2.37. The minimum Gasteiger partial charge on any atom is -0.0656 e. The number of benzene rings is 2. The highest BCUT2D eigenvalue weighted by atomic mass is 28.3. The first-order valence-electron chi connectivity index (χ1n) is 6.60. The van der Waals surface area contributed by atoms with Crippen LogP contribution < -0.4 is 5.19 Å². The van der Waals surface area contributed by atoms with Gasteiger partial charge in [-0.05, 0) is 24.5 Å². The van der Waals surface area contributed by atoms with Gasteiger partial charge in [-0.25, -0.2) is 0 Å². The van der Waals surface area contributed by atoms with E-state index in [1.165, 1.54) is 21.9 Å². The van der Waals surface area contributed by atoms with E-state index in [1.807, 2.05) is 0 Å². The molecule has 0 spiro atoms. The van der Waals surface area contributed by atoms with Crippen molar-refractivity contribution >= 4 is 13.3 Å². The molecule has 0 atom stereocenters. The van der Waals surface area contributed by atoms with Gasteiger partial charge in [0.1, 0.15) is 0 Å². The van der Waals surface area contributed by atoms with E-state index >= 15 is 0 Å². The van der Waals surface area contributed by atoms with E-state index in [0.29, 0.717) is 0 Å². The SMILES string of the molecule is Cc1ccc(Cc2ccc([Si](C)(C)C)cc2)cc1. The molecular formula is C17H22Si. The zero-order valence-electron chi connectivity index (χ0n) is 11.8. The lowest BCUT2D eigenvalue weighted by molar-refractivity contribution is 1.19. The van der Waals surface area contributed by atoms with E-state index in [0.717, 1.165) is 6.42 Å². The summed E-state index contributed by atoms with van der Waals surface area (Å²) < 4.78 is 0. The van der Waals surface area contributed by atoms with Gasteiger partial charge in [0.25, 0.3) is 0 Å². The highest BCUT2D eigenvalue weighted by Crippen LogP contribution is 2.11. The van der Waals surface area contributed by atoms with Gasteiger partial charge >= 0.3 is 0 Å². The third-order valence-corrected chi connectivity index (χ3v) is 5.41. The van der Waals surface area contributed by atoms with Crippen molar-refractivity contribution in [1.82, 2.24) is 0 Å². The average molecular weight is 254 g/mol. The zero-order valence-corrected chi connectivity index (χ0v) is 12.8. The number of aryl methyl sites for hydroxylation is 1. The van der Waals surface area contributed by atoms with E-state index in [9.17, 15) is 0 Å². The second-order valence-corrected chi connectivity index (χ2v) is 11.2. The molecule has 0 bridgehead atoms. The lowest BCUT2D eigenvalue weighted by atomic mass is 10.0. The van der Waals surface area contributed by atoms with Gasteiger partial charge in [-0.3, -0.25) is 0 Å². The van der Waals surface area contributed by atoms with Gasteiger partial charge in [0, 0.05) is 0 Å². The number of hydrogen-bond donors (Lipinski definition) is 0. The predicted octanol–water partition coefficient (Wildman–Crippen LogP) is 4.13. The van der Waals surface area contributed by atoms with Gasteiger partial charge < -0.3 is 0 Å². The summed E-state index contributed by atoms with van der Waals surface area (Å²) >= 11 is 0. The second-order valence-electron chi connectivity index (χ2n) is 6.11. The van der Waals surface area contributed by atoms with Crippen molar-refractivity contribution < 1.29 is 0 Å². The standard InChI is InChI=1S/C17H22Si/c1-14-5-7-15(8-6-14)13-16-9-11-17(12-10-16)18(2,3)4/h5-12H,13H2,1-4H3. The van der Waals surface area contributed by atoms with Crippen molar-refractivity contribution in [3.63, 3.8) is 0 Å². The Labute approximate surface area is 112 Å². The maximum atomic E-state index is 2.39. The van der Waals surface area contributed by atoms with Crippen LogP contribution in [0.1, 0.15) is 16.7 Å². The van der Waals surface area contributed by atoms with Crippen molar-refractivity contribution in [3.8, 4) is 0 Å². The van der Waals surface area contributed by atoms with Crippen molar-refractivity contribution in [2.24, 2.45) is 0 Å². The summed E-state index contributed by atoms with van der Waals surface area (Å²) in [6, 6.07) is 18.0. The molecule has 0 heterocycles. The van der Waals surface area contributed by atoms with Crippen LogP contribution in [0.2, 0.25) is 19.6 Å². The normalized spacial score (nSPS) is 11.6. The third-order valence-electron chi connectivity index (χ3n) is 3.35. The first-order chi connectivity index (χ1) is 8.45. The molecule has 0 radical (unpaired) electrons. The van der Waals surface area contributed by atoms with Gasteiger partial charge in [-0.1, -0.05) is 78.9 Å². The third kappa shape index (κ3) is 3.33. The van der Waals surface area contributed by atoms with Crippen LogP contribution in [0.15, 0.2) is 48.5 Å². The fraction of sp³-hybridized carbons (Fsp3) is 0.294. The smallest absolute Gasteiger partial charge is 0.0656 e. The quantitative estimate of drug-likeness (QED) is 0.722. The van der Waals surface area contributed by atoms with Crippen LogP contribution in [-0.2, 0) is 6.42 Å². The van der Waals surface area contributed by atoms with E-state index in [1.54, 1.807) is 0 Å². The summed E-state index contributed by atoms with van der Waals surface area (Å²) in [5.74, 6) is 0. The molecule has 0 aliphatic carbocycles. The van der Waals surface area contributed by atoms with Crippen LogP contribution >= 0.6 is 0 Å². The molecule has 94 valence electrons. The van der Waals surface area contributed by atoms with E-state index in [2.05, 4.69) is 75.1 Å². The molecule has 0 saturated heterocycles. The van der Waals surface area contributed by atoms with E-state index in [-0.39, 0.29) is 0 Å². The Bertz CT molecular complexity index is 501. The van der Waals surface area contributed by atoms with Crippen LogP contribution in [0.3, 0.4) is 0 Å². The van der Waals surface area contributed by atoms with Crippen molar-refractivity contribution in [1.29, 1.82) is 0 Å². The monoisotopic (exact) mass is 254 g/mol. The molecule has 0 saturated carbocycles. The number of rotatable bonds is 3. The summed E-state index contributed by atoms with van der Waals surface area (Å²) in [6.07, 6.45) is 1.03. The summed E-state index contributed by atoms with van der Waals surface area (Å²) in [5, 5.41) is 1.54. The van der Waals surface area contributed by atoms with E-state index in [4.69, 9.17) is 0 Å². The first kappa shape index (κ1) is 13.1. The summed E-state index contributed by atoms with van der Waals surface area (Å²) in [6.45, 7) is 9.30. The Kier molecular flexibility index (Phi) is 3.72. The minimum atomic E-state index is -1.16. The summed E-state index contributed by atoms with van der Waals surface area (Å²) in [5.41, 5.74) is 4.12. The van der Waals surface area contributed by atoms with Gasteiger partial charge in [-0.15, -0.1) is 0 Å². The second kappa shape index (κ2) is 5.11. The summed E-state index contributed by atoms with van der Waals surface area (Å²) in [7, 11) is -1.16. The van der Waals surface area contributed by atoms with Gasteiger partial charge in [0.05, 0.1) is 8.07 Å². The van der Waals surface area contributed by atoms with Gasteiger partial charge in [-0.2, -0.15) is 0 Å². The Hall–Kier alpha value is -1.34. The fourth-order valence-corrected chi connectivity index (χ4v) is 3.23. The lowest BCUT2D eigenvalue weighted by Gasteiger charge is -2.16. The van der Waals surface area contributed by atoms with Crippen molar-refractivity contribution in [3.05, 3.63) is 65.2 Å². The summed E-state index contributed by atoms with van der Waals surface area (Å²) in [4.78, 5) is 0. The molecule has 0 N–H and O–H groups in total. The van der Waals surface area contributed by atoms with Crippen LogP contribution in [0.25, 0.3) is 0 Å². The average Bonchev–Trinajstić information content (AvgIpc) is 2.32. The van der Waals surface area contributed by atoms with Crippen LogP contribution in [0.5, 0.6) is 0 Å². The maximum absolute atomic E-state index is 2.39. The molecule has 0 aromatic heterocycles. The Morgan fingerprint density at radius 1 is 0.722 bits per heavy atom. The minimum absolute atomic E-state index is 1.03. The molecule has 0 unspecified atom stereocenters. The van der Waals surface area contributed by atoms with Crippen LogP contribution in [0.4, 0.5) is 0 Å². The van der Waals surface area contributed by atoms with Crippen LogP contribution in [0, 0.1) is 6.92 Å². The maximum Gasteiger partial charge on any atom is 0.0775 e. The van der Waals surface area contributed by atoms with Gasteiger partial charge in [0.15, 0.2) is 0 Å². The molecule has 2 aromatic carbocycles.